The number of nitrogens with one attached hydrogen (secondary N) is 1. The number of hydrogen-bond donors (Lipinski definition) is 1. The van der Waals surface area contributed by atoms with Gasteiger partial charge in [0.05, 0.1) is 10.9 Å². The Balaban J connectivity index is 1.66. The minimum Gasteiger partial charge on any atom is -0.367 e. The number of hydrogen-bond acceptors (Lipinski definition) is 3. The molecule has 0 aliphatic carbocycles. The number of benzene rings is 3. The first kappa shape index (κ1) is 18.5. The Morgan fingerprint density at radius 3 is 2.32 bits per heavy atom. The van der Waals surface area contributed by atoms with Crippen molar-refractivity contribution in [2.24, 2.45) is 0 Å². The summed E-state index contributed by atoms with van der Waals surface area (Å²) in [5.41, 5.74) is 4.43. The van der Waals surface area contributed by atoms with Gasteiger partial charge in [0.1, 0.15) is 5.82 Å². The molecule has 4 heteroatoms. The smallest absolute Gasteiger partial charge is 0.224 e. The molecule has 3 nitrogen and oxygen atoms in total. The van der Waals surface area contributed by atoms with E-state index in [0.29, 0.717) is 0 Å². The highest BCUT2D eigenvalue weighted by Crippen LogP contribution is 2.33. The molecule has 1 N–H and O–H groups in total. The second kappa shape index (κ2) is 8.41. The van der Waals surface area contributed by atoms with E-state index in [9.17, 15) is 0 Å². The largest absolute Gasteiger partial charge is 0.367 e. The quantitative estimate of drug-likeness (QED) is 0.390. The molecule has 0 spiro atoms. The van der Waals surface area contributed by atoms with Crippen molar-refractivity contribution < 1.29 is 0 Å². The van der Waals surface area contributed by atoms with Crippen LogP contribution in [0.3, 0.4) is 0 Å². The fourth-order valence-electron chi connectivity index (χ4n) is 3.45. The molecule has 0 aliphatic rings. The molecular formula is C24H22ClN3. The zero-order valence-corrected chi connectivity index (χ0v) is 16.5. The third-order valence-corrected chi connectivity index (χ3v) is 5.04. The maximum atomic E-state index is 6.22. The molecule has 1 atom stereocenters. The third-order valence-electron chi connectivity index (χ3n) is 4.87. The van der Waals surface area contributed by atoms with Crippen molar-refractivity contribution in [1.82, 2.24) is 9.97 Å². The van der Waals surface area contributed by atoms with Crippen molar-refractivity contribution in [3.05, 3.63) is 89.7 Å². The minimum atomic E-state index is 0.248. The Bertz CT molecular complexity index is 1070. The van der Waals surface area contributed by atoms with E-state index in [0.717, 1.165) is 40.7 Å². The predicted octanol–water partition coefficient (Wildman–Crippen LogP) is 6.38. The first-order chi connectivity index (χ1) is 13.7. The van der Waals surface area contributed by atoms with Gasteiger partial charge in [-0.05, 0) is 54.1 Å². The van der Waals surface area contributed by atoms with Crippen LogP contribution < -0.4 is 5.32 Å². The number of aryl methyl sites for hydroxylation is 1. The van der Waals surface area contributed by atoms with Crippen molar-refractivity contribution in [2.75, 3.05) is 5.32 Å². The Kier molecular flexibility index (Phi) is 5.54. The summed E-state index contributed by atoms with van der Waals surface area (Å²) in [4.78, 5) is 8.96. The number of nitrogens with zero attached hydrogens (tertiary/aromatic N) is 2. The number of anilines is 1. The summed E-state index contributed by atoms with van der Waals surface area (Å²) in [5, 5.41) is 4.83. The monoisotopic (exact) mass is 387 g/mol. The highest BCUT2D eigenvalue weighted by molar-refractivity contribution is 6.29. The standard InChI is InChI=1S/C24H22ClN3/c1-17(15-16-18-9-4-2-5-10-18)26-23-22-20(19-11-6-3-7-12-19)13-8-14-21(22)27-24(25)28-23/h2-14,17H,15-16H2,1H3,(H,26,27,28). The lowest BCUT2D eigenvalue weighted by Gasteiger charge is -2.18. The number of aromatic nitrogens is 2. The lowest BCUT2D eigenvalue weighted by atomic mass is 10.0. The van der Waals surface area contributed by atoms with Gasteiger partial charge in [-0.3, -0.25) is 0 Å². The van der Waals surface area contributed by atoms with Gasteiger partial charge in [0, 0.05) is 6.04 Å². The lowest BCUT2D eigenvalue weighted by molar-refractivity contribution is 0.704. The minimum absolute atomic E-state index is 0.248. The number of fused-ring (bicyclic) bond motifs is 1. The van der Waals surface area contributed by atoms with Crippen LogP contribution in [0.5, 0.6) is 0 Å². The van der Waals surface area contributed by atoms with E-state index in [1.54, 1.807) is 0 Å². The van der Waals surface area contributed by atoms with Crippen molar-refractivity contribution in [3.8, 4) is 11.1 Å². The topological polar surface area (TPSA) is 37.8 Å². The molecule has 28 heavy (non-hydrogen) atoms. The fourth-order valence-corrected chi connectivity index (χ4v) is 3.63. The van der Waals surface area contributed by atoms with Crippen LogP contribution in [-0.4, -0.2) is 16.0 Å². The average Bonchev–Trinajstić information content (AvgIpc) is 2.73. The van der Waals surface area contributed by atoms with Gasteiger partial charge >= 0.3 is 0 Å². The van der Waals surface area contributed by atoms with Gasteiger partial charge in [-0.25, -0.2) is 9.97 Å². The van der Waals surface area contributed by atoms with Gasteiger partial charge in [0.15, 0.2) is 0 Å². The molecule has 4 aromatic rings. The summed E-state index contributed by atoms with van der Waals surface area (Å²) in [5.74, 6) is 0.787. The van der Waals surface area contributed by atoms with E-state index in [-0.39, 0.29) is 11.3 Å². The van der Waals surface area contributed by atoms with E-state index in [1.165, 1.54) is 5.56 Å². The SMILES string of the molecule is CC(CCc1ccccc1)Nc1nc(Cl)nc2cccc(-c3ccccc3)c12. The Morgan fingerprint density at radius 2 is 1.57 bits per heavy atom. The molecule has 0 aliphatic heterocycles. The van der Waals surface area contributed by atoms with E-state index in [4.69, 9.17) is 11.6 Å². The van der Waals surface area contributed by atoms with Crippen LogP contribution >= 0.6 is 11.6 Å². The van der Waals surface area contributed by atoms with Crippen LogP contribution in [-0.2, 0) is 6.42 Å². The van der Waals surface area contributed by atoms with Crippen molar-refractivity contribution in [3.63, 3.8) is 0 Å². The molecule has 0 bridgehead atoms. The average molecular weight is 388 g/mol. The van der Waals surface area contributed by atoms with E-state index in [2.05, 4.69) is 64.7 Å². The molecule has 0 fully saturated rings. The normalized spacial score (nSPS) is 12.1. The summed E-state index contributed by atoms with van der Waals surface area (Å²) in [6, 6.07) is 27.2. The molecule has 1 heterocycles. The molecule has 3 aromatic carbocycles. The fraction of sp³-hybridized carbons (Fsp3) is 0.167. The highest BCUT2D eigenvalue weighted by atomic mass is 35.5. The van der Waals surface area contributed by atoms with E-state index in [1.807, 2.05) is 36.4 Å². The molecule has 0 amide bonds. The van der Waals surface area contributed by atoms with Crippen LogP contribution in [0.4, 0.5) is 5.82 Å². The zero-order chi connectivity index (χ0) is 19.3. The molecule has 4 rings (SSSR count). The van der Waals surface area contributed by atoms with Gasteiger partial charge in [0.25, 0.3) is 0 Å². The van der Waals surface area contributed by atoms with Crippen LogP contribution in [0.25, 0.3) is 22.0 Å². The first-order valence-corrected chi connectivity index (χ1v) is 9.90. The van der Waals surface area contributed by atoms with Crippen molar-refractivity contribution in [1.29, 1.82) is 0 Å². The summed E-state index contributed by atoms with van der Waals surface area (Å²) in [7, 11) is 0. The molecular weight excluding hydrogens is 366 g/mol. The van der Waals surface area contributed by atoms with Gasteiger partial charge in [-0.15, -0.1) is 0 Å². The lowest BCUT2D eigenvalue weighted by Crippen LogP contribution is -2.17. The van der Waals surface area contributed by atoms with Gasteiger partial charge in [0.2, 0.25) is 5.28 Å². The Morgan fingerprint density at radius 1 is 0.857 bits per heavy atom. The molecule has 0 saturated heterocycles. The van der Waals surface area contributed by atoms with Crippen molar-refractivity contribution >= 4 is 28.3 Å². The summed E-state index contributed by atoms with van der Waals surface area (Å²) < 4.78 is 0. The maximum absolute atomic E-state index is 6.22. The Hall–Kier alpha value is -2.91. The van der Waals surface area contributed by atoms with Gasteiger partial charge < -0.3 is 5.32 Å². The van der Waals surface area contributed by atoms with Crippen LogP contribution in [0.1, 0.15) is 18.9 Å². The van der Waals surface area contributed by atoms with E-state index < -0.39 is 0 Å². The predicted molar refractivity (Wildman–Crippen MR) is 118 cm³/mol. The van der Waals surface area contributed by atoms with Crippen molar-refractivity contribution in [2.45, 2.75) is 25.8 Å². The second-order valence-corrected chi connectivity index (χ2v) is 7.31. The molecule has 0 radical (unpaired) electrons. The first-order valence-electron chi connectivity index (χ1n) is 9.53. The zero-order valence-electron chi connectivity index (χ0n) is 15.8. The number of halogens is 1. The molecule has 0 saturated carbocycles. The van der Waals surface area contributed by atoms with E-state index >= 15 is 0 Å². The Labute approximate surface area is 170 Å². The summed E-state index contributed by atoms with van der Waals surface area (Å²) in [6.07, 6.45) is 2.01. The molecule has 140 valence electrons. The summed E-state index contributed by atoms with van der Waals surface area (Å²) in [6.45, 7) is 2.18. The summed E-state index contributed by atoms with van der Waals surface area (Å²) >= 11 is 6.22. The van der Waals surface area contributed by atoms with Crippen LogP contribution in [0, 0.1) is 0 Å². The number of rotatable bonds is 6. The maximum Gasteiger partial charge on any atom is 0.224 e. The molecule has 1 aromatic heterocycles. The van der Waals surface area contributed by atoms with Crippen LogP contribution in [0.2, 0.25) is 5.28 Å². The van der Waals surface area contributed by atoms with Gasteiger partial charge in [-0.2, -0.15) is 0 Å². The van der Waals surface area contributed by atoms with Crippen LogP contribution in [0.15, 0.2) is 78.9 Å². The second-order valence-electron chi connectivity index (χ2n) is 6.98. The van der Waals surface area contributed by atoms with Gasteiger partial charge in [-0.1, -0.05) is 72.8 Å². The molecule has 1 unspecified atom stereocenters. The highest BCUT2D eigenvalue weighted by Gasteiger charge is 2.14. The third kappa shape index (κ3) is 4.15.